The Morgan fingerprint density at radius 3 is 2.29 bits per heavy atom. The Hall–Kier alpha value is -2.34. The highest BCUT2D eigenvalue weighted by molar-refractivity contribution is 7.90. The van der Waals surface area contributed by atoms with E-state index in [0.717, 1.165) is 11.8 Å². The van der Waals surface area contributed by atoms with Crippen LogP contribution >= 0.6 is 0 Å². The summed E-state index contributed by atoms with van der Waals surface area (Å²) in [6.45, 7) is 4.01. The normalized spacial score (nSPS) is 11.1. The minimum absolute atomic E-state index is 0.0786. The Balaban J connectivity index is 1.94. The van der Waals surface area contributed by atoms with E-state index in [9.17, 15) is 13.2 Å². The van der Waals surface area contributed by atoms with Gasteiger partial charge in [-0.3, -0.25) is 0 Å². The predicted octanol–water partition coefficient (Wildman–Crippen LogP) is 2.94. The van der Waals surface area contributed by atoms with Gasteiger partial charge in [-0.1, -0.05) is 23.8 Å². The molecule has 0 saturated carbocycles. The van der Waals surface area contributed by atoms with E-state index in [1.807, 2.05) is 31.2 Å². The van der Waals surface area contributed by atoms with Crippen molar-refractivity contribution in [3.05, 3.63) is 59.2 Å². The Morgan fingerprint density at radius 1 is 1.00 bits per heavy atom. The maximum atomic E-state index is 12.1. The molecule has 0 aliphatic heterocycles. The number of aryl methyl sites for hydroxylation is 2. The van der Waals surface area contributed by atoms with Crippen LogP contribution in [0.4, 0.5) is 0 Å². The highest BCUT2D eigenvalue weighted by atomic mass is 32.2. The molecule has 0 aliphatic carbocycles. The standard InChI is InChI=1S/C18H20O5S/c1-13-4-7-15(8-5-13)22-10-11-23-18(19)17-12-16(24(3,20)21)9-6-14(17)2/h4-9,12H,10-11H2,1-3H3. The summed E-state index contributed by atoms with van der Waals surface area (Å²) in [5.74, 6) is 0.136. The number of hydrogen-bond acceptors (Lipinski definition) is 5. The first-order valence-corrected chi connectivity index (χ1v) is 9.34. The second-order valence-electron chi connectivity index (χ2n) is 5.55. The van der Waals surface area contributed by atoms with Gasteiger partial charge in [0, 0.05) is 6.26 Å². The second-order valence-corrected chi connectivity index (χ2v) is 7.56. The van der Waals surface area contributed by atoms with Crippen molar-refractivity contribution in [1.82, 2.24) is 0 Å². The Bertz CT molecular complexity index is 823. The van der Waals surface area contributed by atoms with Crippen LogP contribution in [-0.2, 0) is 14.6 Å². The van der Waals surface area contributed by atoms with E-state index in [4.69, 9.17) is 9.47 Å². The molecule has 2 rings (SSSR count). The molecule has 5 nitrogen and oxygen atoms in total. The van der Waals surface area contributed by atoms with E-state index in [-0.39, 0.29) is 23.7 Å². The van der Waals surface area contributed by atoms with Crippen molar-refractivity contribution in [3.8, 4) is 5.75 Å². The molecule has 0 atom stereocenters. The molecular weight excluding hydrogens is 328 g/mol. The number of esters is 1. The molecule has 0 saturated heterocycles. The summed E-state index contributed by atoms with van der Waals surface area (Å²) in [4.78, 5) is 12.2. The minimum Gasteiger partial charge on any atom is -0.490 e. The summed E-state index contributed by atoms with van der Waals surface area (Å²) >= 11 is 0. The van der Waals surface area contributed by atoms with Crippen LogP contribution in [0, 0.1) is 13.8 Å². The average molecular weight is 348 g/mol. The van der Waals surface area contributed by atoms with Crippen LogP contribution in [0.3, 0.4) is 0 Å². The lowest BCUT2D eigenvalue weighted by Gasteiger charge is -2.10. The number of hydrogen-bond donors (Lipinski definition) is 0. The van der Waals surface area contributed by atoms with Crippen LogP contribution < -0.4 is 4.74 Å². The number of ether oxygens (including phenoxy) is 2. The maximum Gasteiger partial charge on any atom is 0.338 e. The Kier molecular flexibility index (Phi) is 5.62. The van der Waals surface area contributed by atoms with Gasteiger partial charge in [0.05, 0.1) is 10.5 Å². The first-order chi connectivity index (χ1) is 11.3. The fourth-order valence-electron chi connectivity index (χ4n) is 2.06. The fraction of sp³-hybridized carbons (Fsp3) is 0.278. The molecule has 2 aromatic carbocycles. The predicted molar refractivity (Wildman–Crippen MR) is 91.2 cm³/mol. The highest BCUT2D eigenvalue weighted by Gasteiger charge is 2.15. The van der Waals surface area contributed by atoms with Gasteiger partial charge in [-0.05, 0) is 43.7 Å². The van der Waals surface area contributed by atoms with Gasteiger partial charge in [-0.15, -0.1) is 0 Å². The van der Waals surface area contributed by atoms with Crippen molar-refractivity contribution in [2.45, 2.75) is 18.7 Å². The van der Waals surface area contributed by atoms with Gasteiger partial charge in [0.15, 0.2) is 9.84 Å². The third-order valence-electron chi connectivity index (χ3n) is 3.46. The Morgan fingerprint density at radius 2 is 1.67 bits per heavy atom. The van der Waals surface area contributed by atoms with E-state index < -0.39 is 15.8 Å². The topological polar surface area (TPSA) is 69.7 Å². The molecule has 6 heteroatoms. The third-order valence-corrected chi connectivity index (χ3v) is 4.57. The van der Waals surface area contributed by atoms with Crippen LogP contribution in [0.2, 0.25) is 0 Å². The fourth-order valence-corrected chi connectivity index (χ4v) is 2.70. The van der Waals surface area contributed by atoms with Crippen molar-refractivity contribution in [1.29, 1.82) is 0 Å². The summed E-state index contributed by atoms with van der Waals surface area (Å²) < 4.78 is 33.8. The maximum absolute atomic E-state index is 12.1. The molecule has 0 spiro atoms. The van der Waals surface area contributed by atoms with Gasteiger partial charge in [-0.25, -0.2) is 13.2 Å². The zero-order valence-electron chi connectivity index (χ0n) is 13.9. The molecule has 0 aliphatic rings. The lowest BCUT2D eigenvalue weighted by molar-refractivity contribution is 0.0449. The van der Waals surface area contributed by atoms with Gasteiger partial charge < -0.3 is 9.47 Å². The molecule has 0 unspecified atom stereocenters. The number of benzene rings is 2. The van der Waals surface area contributed by atoms with E-state index in [1.54, 1.807) is 13.0 Å². The number of carbonyl (C=O) groups excluding carboxylic acids is 1. The summed E-state index contributed by atoms with van der Waals surface area (Å²) in [5.41, 5.74) is 2.04. The molecular formula is C18H20O5S. The molecule has 128 valence electrons. The molecule has 0 bridgehead atoms. The summed E-state index contributed by atoms with van der Waals surface area (Å²) in [7, 11) is -3.37. The van der Waals surface area contributed by atoms with Gasteiger partial charge in [-0.2, -0.15) is 0 Å². The number of sulfone groups is 1. The number of rotatable bonds is 6. The zero-order valence-corrected chi connectivity index (χ0v) is 14.7. The van der Waals surface area contributed by atoms with Crippen LogP contribution in [-0.4, -0.2) is 33.9 Å². The van der Waals surface area contributed by atoms with Crippen molar-refractivity contribution in [2.24, 2.45) is 0 Å². The van der Waals surface area contributed by atoms with Crippen molar-refractivity contribution in [2.75, 3.05) is 19.5 Å². The quantitative estimate of drug-likeness (QED) is 0.593. The molecule has 0 amide bonds. The zero-order chi connectivity index (χ0) is 17.7. The van der Waals surface area contributed by atoms with Crippen molar-refractivity contribution in [3.63, 3.8) is 0 Å². The van der Waals surface area contributed by atoms with Gasteiger partial charge in [0.1, 0.15) is 19.0 Å². The van der Waals surface area contributed by atoms with Crippen molar-refractivity contribution >= 4 is 15.8 Å². The largest absolute Gasteiger partial charge is 0.490 e. The monoisotopic (exact) mass is 348 g/mol. The lowest BCUT2D eigenvalue weighted by Crippen LogP contribution is -2.14. The molecule has 2 aromatic rings. The van der Waals surface area contributed by atoms with Gasteiger partial charge >= 0.3 is 5.97 Å². The molecule has 0 fully saturated rings. The van der Waals surface area contributed by atoms with E-state index in [0.29, 0.717) is 11.3 Å². The molecule has 24 heavy (non-hydrogen) atoms. The van der Waals surface area contributed by atoms with Gasteiger partial charge in [0.25, 0.3) is 0 Å². The highest BCUT2D eigenvalue weighted by Crippen LogP contribution is 2.17. The van der Waals surface area contributed by atoms with Crippen LogP contribution in [0.5, 0.6) is 5.75 Å². The van der Waals surface area contributed by atoms with E-state index in [2.05, 4.69) is 0 Å². The minimum atomic E-state index is -3.37. The van der Waals surface area contributed by atoms with Crippen LogP contribution in [0.25, 0.3) is 0 Å². The summed E-state index contributed by atoms with van der Waals surface area (Å²) in [6.07, 6.45) is 1.10. The molecule has 0 N–H and O–H groups in total. The first kappa shape index (κ1) is 18.0. The average Bonchev–Trinajstić information content (AvgIpc) is 2.52. The first-order valence-electron chi connectivity index (χ1n) is 7.44. The second kappa shape index (κ2) is 7.49. The summed E-state index contributed by atoms with van der Waals surface area (Å²) in [6, 6.07) is 12.0. The van der Waals surface area contributed by atoms with Gasteiger partial charge in [0.2, 0.25) is 0 Å². The Labute approximate surface area is 142 Å². The smallest absolute Gasteiger partial charge is 0.338 e. The molecule has 0 aromatic heterocycles. The SMILES string of the molecule is Cc1ccc(OCCOC(=O)c2cc(S(C)(=O)=O)ccc2C)cc1. The van der Waals surface area contributed by atoms with Crippen LogP contribution in [0.1, 0.15) is 21.5 Å². The lowest BCUT2D eigenvalue weighted by atomic mass is 10.1. The van der Waals surface area contributed by atoms with E-state index >= 15 is 0 Å². The summed E-state index contributed by atoms with van der Waals surface area (Å²) in [5, 5.41) is 0. The van der Waals surface area contributed by atoms with Crippen molar-refractivity contribution < 1.29 is 22.7 Å². The van der Waals surface area contributed by atoms with E-state index in [1.165, 1.54) is 12.1 Å². The third kappa shape index (κ3) is 4.83. The van der Waals surface area contributed by atoms with Crippen LogP contribution in [0.15, 0.2) is 47.4 Å². The molecule has 0 radical (unpaired) electrons. The molecule has 0 heterocycles. The number of carbonyl (C=O) groups is 1.